The molecule has 5 heteroatoms. The van der Waals surface area contributed by atoms with Crippen molar-refractivity contribution in [2.75, 3.05) is 4.72 Å². The van der Waals surface area contributed by atoms with E-state index in [1.807, 2.05) is 19.9 Å². The van der Waals surface area contributed by atoms with Gasteiger partial charge in [-0.1, -0.05) is 12.1 Å². The third-order valence-corrected chi connectivity index (χ3v) is 4.35. The predicted molar refractivity (Wildman–Crippen MR) is 73.1 cm³/mol. The summed E-state index contributed by atoms with van der Waals surface area (Å²) in [6.07, 6.45) is 0. The zero-order valence-corrected chi connectivity index (χ0v) is 11.5. The first-order valence-electron chi connectivity index (χ1n) is 5.75. The van der Waals surface area contributed by atoms with Gasteiger partial charge in [0.2, 0.25) is 0 Å². The molecular formula is C14H14FNO2S. The third-order valence-electron chi connectivity index (χ3n) is 2.97. The summed E-state index contributed by atoms with van der Waals surface area (Å²) in [4.78, 5) is 0.0369. The molecule has 0 aliphatic carbocycles. The van der Waals surface area contributed by atoms with Crippen molar-refractivity contribution in [3.63, 3.8) is 0 Å². The number of anilines is 1. The van der Waals surface area contributed by atoms with Crippen molar-refractivity contribution in [2.24, 2.45) is 0 Å². The second-order valence-electron chi connectivity index (χ2n) is 4.31. The summed E-state index contributed by atoms with van der Waals surface area (Å²) >= 11 is 0. The molecule has 2 rings (SSSR count). The van der Waals surface area contributed by atoms with Crippen LogP contribution in [0.5, 0.6) is 0 Å². The van der Waals surface area contributed by atoms with E-state index in [4.69, 9.17) is 0 Å². The lowest BCUT2D eigenvalue weighted by Crippen LogP contribution is -2.14. The Labute approximate surface area is 112 Å². The number of hydrogen-bond donors (Lipinski definition) is 1. The summed E-state index contributed by atoms with van der Waals surface area (Å²) in [5.74, 6) is -0.467. The normalized spacial score (nSPS) is 11.3. The molecule has 3 nitrogen and oxygen atoms in total. The van der Waals surface area contributed by atoms with Crippen LogP contribution in [0.25, 0.3) is 0 Å². The SMILES string of the molecule is Cc1cccc(NS(=O)(=O)c2ccc(F)cc2)c1C. The zero-order chi connectivity index (χ0) is 14.0. The fourth-order valence-electron chi connectivity index (χ4n) is 1.68. The van der Waals surface area contributed by atoms with Gasteiger partial charge < -0.3 is 0 Å². The molecule has 100 valence electrons. The Morgan fingerprint density at radius 1 is 1.00 bits per heavy atom. The Kier molecular flexibility index (Phi) is 3.57. The van der Waals surface area contributed by atoms with Crippen LogP contribution in [0.3, 0.4) is 0 Å². The van der Waals surface area contributed by atoms with Crippen molar-refractivity contribution in [2.45, 2.75) is 18.7 Å². The summed E-state index contributed by atoms with van der Waals surface area (Å²) in [7, 11) is -3.69. The molecule has 0 saturated carbocycles. The summed E-state index contributed by atoms with van der Waals surface area (Å²) in [5.41, 5.74) is 2.40. The molecule has 0 aliphatic heterocycles. The quantitative estimate of drug-likeness (QED) is 0.937. The Morgan fingerprint density at radius 3 is 2.26 bits per heavy atom. The van der Waals surface area contributed by atoms with E-state index in [-0.39, 0.29) is 4.90 Å². The fourth-order valence-corrected chi connectivity index (χ4v) is 2.80. The van der Waals surface area contributed by atoms with E-state index in [1.165, 1.54) is 12.1 Å². The van der Waals surface area contributed by atoms with Gasteiger partial charge in [0.15, 0.2) is 0 Å². The Bertz CT molecular complexity index is 694. The predicted octanol–water partition coefficient (Wildman–Crippen LogP) is 3.24. The van der Waals surface area contributed by atoms with Gasteiger partial charge in [-0.05, 0) is 55.3 Å². The molecular weight excluding hydrogens is 265 g/mol. The van der Waals surface area contributed by atoms with Gasteiger partial charge in [0.1, 0.15) is 5.82 Å². The first-order chi connectivity index (χ1) is 8.90. The van der Waals surface area contributed by atoms with Crippen molar-refractivity contribution >= 4 is 15.7 Å². The van der Waals surface area contributed by atoms with Crippen LogP contribution >= 0.6 is 0 Å². The van der Waals surface area contributed by atoms with Crippen LogP contribution in [0.15, 0.2) is 47.4 Å². The molecule has 0 heterocycles. The topological polar surface area (TPSA) is 46.2 Å². The summed E-state index contributed by atoms with van der Waals surface area (Å²) < 4.78 is 39.6. The van der Waals surface area contributed by atoms with Gasteiger partial charge >= 0.3 is 0 Å². The maximum atomic E-state index is 12.8. The van der Waals surface area contributed by atoms with Gasteiger partial charge in [-0.3, -0.25) is 4.72 Å². The molecule has 0 radical (unpaired) electrons. The summed E-state index contributed by atoms with van der Waals surface area (Å²) in [5, 5.41) is 0. The number of rotatable bonds is 3. The molecule has 0 saturated heterocycles. The number of aryl methyl sites for hydroxylation is 1. The third kappa shape index (κ3) is 2.93. The molecule has 0 unspecified atom stereocenters. The fraction of sp³-hybridized carbons (Fsp3) is 0.143. The van der Waals surface area contributed by atoms with E-state index in [0.717, 1.165) is 23.3 Å². The minimum Gasteiger partial charge on any atom is -0.279 e. The highest BCUT2D eigenvalue weighted by Gasteiger charge is 2.15. The van der Waals surface area contributed by atoms with Crippen LogP contribution in [-0.2, 0) is 10.0 Å². The average Bonchev–Trinajstić information content (AvgIpc) is 2.35. The highest BCUT2D eigenvalue weighted by molar-refractivity contribution is 7.92. The van der Waals surface area contributed by atoms with E-state index in [0.29, 0.717) is 5.69 Å². The number of benzene rings is 2. The molecule has 19 heavy (non-hydrogen) atoms. The molecule has 0 aliphatic rings. The Hall–Kier alpha value is -1.88. The molecule has 0 atom stereocenters. The first-order valence-corrected chi connectivity index (χ1v) is 7.23. The molecule has 0 fully saturated rings. The lowest BCUT2D eigenvalue weighted by molar-refractivity contribution is 0.599. The zero-order valence-electron chi connectivity index (χ0n) is 10.6. The van der Waals surface area contributed by atoms with E-state index >= 15 is 0 Å². The molecule has 0 spiro atoms. The lowest BCUT2D eigenvalue weighted by atomic mass is 10.1. The number of sulfonamides is 1. The number of hydrogen-bond acceptors (Lipinski definition) is 2. The van der Waals surface area contributed by atoms with Crippen molar-refractivity contribution in [1.82, 2.24) is 0 Å². The first kappa shape index (κ1) is 13.5. The molecule has 0 amide bonds. The van der Waals surface area contributed by atoms with E-state index < -0.39 is 15.8 Å². The van der Waals surface area contributed by atoms with Gasteiger partial charge in [0.05, 0.1) is 10.6 Å². The second-order valence-corrected chi connectivity index (χ2v) is 5.99. The van der Waals surface area contributed by atoms with Crippen molar-refractivity contribution in [1.29, 1.82) is 0 Å². The van der Waals surface area contributed by atoms with Gasteiger partial charge in [-0.25, -0.2) is 12.8 Å². The van der Waals surface area contributed by atoms with Crippen molar-refractivity contribution in [3.05, 3.63) is 59.4 Å². The smallest absolute Gasteiger partial charge is 0.261 e. The number of nitrogens with one attached hydrogen (secondary N) is 1. The van der Waals surface area contributed by atoms with Crippen LogP contribution in [0.2, 0.25) is 0 Å². The minimum absolute atomic E-state index is 0.0369. The van der Waals surface area contributed by atoms with Gasteiger partial charge in [-0.2, -0.15) is 0 Å². The van der Waals surface area contributed by atoms with Gasteiger partial charge in [0.25, 0.3) is 10.0 Å². The van der Waals surface area contributed by atoms with Crippen LogP contribution in [0, 0.1) is 19.7 Å². The van der Waals surface area contributed by atoms with Crippen LogP contribution in [0.1, 0.15) is 11.1 Å². The monoisotopic (exact) mass is 279 g/mol. The summed E-state index contributed by atoms with van der Waals surface area (Å²) in [6, 6.07) is 10.1. The van der Waals surface area contributed by atoms with Crippen molar-refractivity contribution < 1.29 is 12.8 Å². The van der Waals surface area contributed by atoms with E-state index in [1.54, 1.807) is 12.1 Å². The molecule has 1 N–H and O–H groups in total. The Balaban J connectivity index is 2.36. The molecule has 2 aromatic carbocycles. The summed E-state index contributed by atoms with van der Waals surface area (Å²) in [6.45, 7) is 3.75. The standard InChI is InChI=1S/C14H14FNO2S/c1-10-4-3-5-14(11(10)2)16-19(17,18)13-8-6-12(15)7-9-13/h3-9,16H,1-2H3. The van der Waals surface area contributed by atoms with E-state index in [9.17, 15) is 12.8 Å². The second kappa shape index (κ2) is 5.01. The maximum absolute atomic E-state index is 12.8. The lowest BCUT2D eigenvalue weighted by Gasteiger charge is -2.12. The Morgan fingerprint density at radius 2 is 1.63 bits per heavy atom. The minimum atomic E-state index is -3.69. The van der Waals surface area contributed by atoms with Gasteiger partial charge in [0, 0.05) is 0 Å². The van der Waals surface area contributed by atoms with Crippen LogP contribution in [0.4, 0.5) is 10.1 Å². The largest absolute Gasteiger partial charge is 0.279 e. The van der Waals surface area contributed by atoms with Crippen molar-refractivity contribution in [3.8, 4) is 0 Å². The van der Waals surface area contributed by atoms with Crippen LogP contribution in [-0.4, -0.2) is 8.42 Å². The van der Waals surface area contributed by atoms with Crippen LogP contribution < -0.4 is 4.72 Å². The van der Waals surface area contributed by atoms with Gasteiger partial charge in [-0.15, -0.1) is 0 Å². The number of halogens is 1. The molecule has 2 aromatic rings. The molecule has 0 bridgehead atoms. The highest BCUT2D eigenvalue weighted by atomic mass is 32.2. The average molecular weight is 279 g/mol. The maximum Gasteiger partial charge on any atom is 0.261 e. The highest BCUT2D eigenvalue weighted by Crippen LogP contribution is 2.22. The van der Waals surface area contributed by atoms with E-state index in [2.05, 4.69) is 4.72 Å². The molecule has 0 aromatic heterocycles.